The molecule has 0 heterocycles. The first-order chi connectivity index (χ1) is 15.1. The average Bonchev–Trinajstić information content (AvgIpc) is 3.39. The van der Waals surface area contributed by atoms with Gasteiger partial charge in [-0.25, -0.2) is 0 Å². The van der Waals surface area contributed by atoms with Crippen LogP contribution in [0, 0.1) is 47.3 Å². The Kier molecular flexibility index (Phi) is 6.46. The van der Waals surface area contributed by atoms with E-state index in [-0.39, 0.29) is 22.5 Å². The van der Waals surface area contributed by atoms with Gasteiger partial charge in [-0.2, -0.15) is 0 Å². The molecule has 0 spiro atoms. The zero-order valence-electron chi connectivity index (χ0n) is 22.8. The van der Waals surface area contributed by atoms with Gasteiger partial charge in [-0.3, -0.25) is 0 Å². The molecule has 8 unspecified atom stereocenters. The summed E-state index contributed by atoms with van der Waals surface area (Å²) in [6.45, 7) is 19.5. The van der Waals surface area contributed by atoms with Gasteiger partial charge in [0.05, 0.1) is 0 Å². The maximum atomic E-state index is 13.0. The summed E-state index contributed by atoms with van der Waals surface area (Å²) in [5.41, 5.74) is -0.711. The zero-order valence-corrected chi connectivity index (χ0v) is 23.9. The van der Waals surface area contributed by atoms with E-state index in [1.54, 1.807) is 7.11 Å². The molecule has 0 radical (unpaired) electrons. The van der Waals surface area contributed by atoms with Crippen LogP contribution in [0.3, 0.4) is 0 Å². The molecule has 8 atom stereocenters. The quantitative estimate of drug-likeness (QED) is 0.272. The number of carbonyl (C=O) groups is 1. The predicted octanol–water partition coefficient (Wildman–Crippen LogP) is 5.82. The topological polar surface area (TPSA) is 54.0 Å². The SMILES string of the molecule is CO[SiH-](OCC1CC2CC1C1C3CC(CC3C(=O)OC(C)(C)C)C21)(OC(C)(C)C)C(C)(C)C. The van der Waals surface area contributed by atoms with Gasteiger partial charge in [-0.1, -0.05) is 0 Å². The molecule has 5 nitrogen and oxygen atoms in total. The van der Waals surface area contributed by atoms with Crippen molar-refractivity contribution in [2.24, 2.45) is 47.3 Å². The summed E-state index contributed by atoms with van der Waals surface area (Å²) in [6.07, 6.45) is 4.87. The van der Waals surface area contributed by atoms with Gasteiger partial charge < -0.3 is 0 Å². The van der Waals surface area contributed by atoms with E-state index >= 15 is 0 Å². The Morgan fingerprint density at radius 1 is 0.818 bits per heavy atom. The third kappa shape index (κ3) is 4.71. The van der Waals surface area contributed by atoms with Crippen molar-refractivity contribution in [3.63, 3.8) is 0 Å². The van der Waals surface area contributed by atoms with Crippen LogP contribution in [0.4, 0.5) is 0 Å². The van der Waals surface area contributed by atoms with E-state index in [1.807, 2.05) is 20.8 Å². The molecule has 0 amide bonds. The summed E-state index contributed by atoms with van der Waals surface area (Å²) in [6, 6.07) is 0. The number of carbonyl (C=O) groups excluding carboxylic acids is 1. The second-order valence-corrected chi connectivity index (χ2v) is 18.7. The normalized spacial score (nSPS) is 38.6. The number of hydrogen-bond donors (Lipinski definition) is 0. The summed E-state index contributed by atoms with van der Waals surface area (Å²) in [5.74, 6) is 4.91. The van der Waals surface area contributed by atoms with Crippen molar-refractivity contribution in [1.82, 2.24) is 0 Å². The molecule has 6 heteroatoms. The Balaban J connectivity index is 1.46. The monoisotopic (exact) mass is 481 g/mol. The molecule has 0 aliphatic heterocycles. The van der Waals surface area contributed by atoms with Gasteiger partial charge in [0.1, 0.15) is 0 Å². The summed E-state index contributed by atoms with van der Waals surface area (Å²) in [4.78, 5) is 13.0. The van der Waals surface area contributed by atoms with E-state index in [1.165, 1.54) is 19.3 Å². The molecule has 0 N–H and O–H groups in total. The van der Waals surface area contributed by atoms with Crippen molar-refractivity contribution in [1.29, 1.82) is 0 Å². The van der Waals surface area contributed by atoms with Crippen LogP contribution in [-0.4, -0.2) is 39.7 Å². The Hall–Kier alpha value is -0.433. The number of fused-ring (bicyclic) bond motifs is 9. The fourth-order valence-electron chi connectivity index (χ4n) is 8.23. The predicted molar refractivity (Wildman–Crippen MR) is 133 cm³/mol. The van der Waals surface area contributed by atoms with E-state index in [2.05, 4.69) is 41.5 Å². The van der Waals surface area contributed by atoms with Crippen molar-refractivity contribution in [3.05, 3.63) is 0 Å². The maximum absolute atomic E-state index is 13.0. The standard InChI is InChI=1S/C27H49O5Si/c1-25(2,3)31-24(28)21-14-17-13-20(21)23-19-12-16(22(17)23)11-18(19)15-30-33(29-10,27(7,8)9)32-26(4,5)6/h16-23,33H,11-15H2,1-10H3/q-1. The van der Waals surface area contributed by atoms with Gasteiger partial charge in [-0.15, -0.1) is 0 Å². The van der Waals surface area contributed by atoms with E-state index in [0.29, 0.717) is 23.7 Å². The Morgan fingerprint density at radius 2 is 1.42 bits per heavy atom. The van der Waals surface area contributed by atoms with Crippen LogP contribution >= 0.6 is 0 Å². The van der Waals surface area contributed by atoms with Gasteiger partial charge >= 0.3 is 203 Å². The molecule has 4 aliphatic rings. The molecule has 0 aromatic heterocycles. The molecule has 4 rings (SSSR count). The first-order valence-electron chi connectivity index (χ1n) is 13.3. The Bertz CT molecular complexity index is 747. The molecule has 0 aromatic carbocycles. The van der Waals surface area contributed by atoms with Crippen LogP contribution in [0.5, 0.6) is 0 Å². The van der Waals surface area contributed by atoms with Crippen molar-refractivity contribution in [2.45, 2.75) is 104 Å². The number of hydrogen-bond acceptors (Lipinski definition) is 5. The minimum atomic E-state index is -3.24. The minimum absolute atomic E-state index is 0.0441. The zero-order chi connectivity index (χ0) is 24.6. The molecule has 4 saturated carbocycles. The van der Waals surface area contributed by atoms with Gasteiger partial charge in [-0.05, 0) is 0 Å². The van der Waals surface area contributed by atoms with Gasteiger partial charge in [0.2, 0.25) is 0 Å². The molecule has 33 heavy (non-hydrogen) atoms. The molecule has 4 aliphatic carbocycles. The second-order valence-electron chi connectivity index (χ2n) is 14.7. The van der Waals surface area contributed by atoms with Crippen LogP contribution in [0.1, 0.15) is 88.0 Å². The van der Waals surface area contributed by atoms with Gasteiger partial charge in [0.15, 0.2) is 0 Å². The van der Waals surface area contributed by atoms with Crippen molar-refractivity contribution in [2.75, 3.05) is 13.7 Å². The fraction of sp³-hybridized carbons (Fsp3) is 0.963. The van der Waals surface area contributed by atoms with Crippen LogP contribution in [0.25, 0.3) is 0 Å². The first-order valence-corrected chi connectivity index (χ1v) is 15.3. The van der Waals surface area contributed by atoms with Gasteiger partial charge in [0, 0.05) is 0 Å². The van der Waals surface area contributed by atoms with Crippen LogP contribution < -0.4 is 0 Å². The van der Waals surface area contributed by atoms with E-state index in [9.17, 15) is 4.79 Å². The molecular weight excluding hydrogens is 432 g/mol. The van der Waals surface area contributed by atoms with Crippen LogP contribution in [0.15, 0.2) is 0 Å². The first kappa shape index (κ1) is 25.7. The van der Waals surface area contributed by atoms with E-state index in [4.69, 9.17) is 18.0 Å². The van der Waals surface area contributed by atoms with Crippen LogP contribution in [0.2, 0.25) is 5.04 Å². The molecular formula is C27H49O5Si-. The summed E-state index contributed by atoms with van der Waals surface area (Å²) < 4.78 is 25.3. The molecule has 192 valence electrons. The molecule has 4 bridgehead atoms. The molecule has 4 fully saturated rings. The Labute approximate surface area is 203 Å². The molecule has 0 aromatic rings. The van der Waals surface area contributed by atoms with Gasteiger partial charge in [0.25, 0.3) is 0 Å². The third-order valence-electron chi connectivity index (χ3n) is 9.08. The molecule has 0 saturated heterocycles. The van der Waals surface area contributed by atoms with Crippen molar-refractivity contribution >= 4 is 14.8 Å². The number of ether oxygens (including phenoxy) is 1. The number of rotatable bonds is 6. The van der Waals surface area contributed by atoms with Crippen molar-refractivity contribution in [3.8, 4) is 0 Å². The summed E-state index contributed by atoms with van der Waals surface area (Å²) in [7, 11) is -1.48. The van der Waals surface area contributed by atoms with Crippen molar-refractivity contribution < 1.29 is 22.8 Å². The fourth-order valence-corrected chi connectivity index (χ4v) is 11.5. The second kappa shape index (κ2) is 8.31. The van der Waals surface area contributed by atoms with Crippen LogP contribution in [-0.2, 0) is 22.8 Å². The van der Waals surface area contributed by atoms with E-state index < -0.39 is 14.4 Å². The number of esters is 1. The average molecular weight is 482 g/mol. The Morgan fingerprint density at radius 3 is 1.97 bits per heavy atom. The summed E-state index contributed by atoms with van der Waals surface area (Å²) >= 11 is 0. The van der Waals surface area contributed by atoms with E-state index in [0.717, 1.165) is 30.8 Å². The summed E-state index contributed by atoms with van der Waals surface area (Å²) in [5, 5.41) is -0.163. The third-order valence-corrected chi connectivity index (χ3v) is 13.5.